The van der Waals surface area contributed by atoms with Crippen LogP contribution in [0.15, 0.2) is 229 Å². The first-order chi connectivity index (χ1) is 31.2. The van der Waals surface area contributed by atoms with Crippen LogP contribution in [0.4, 0.5) is 0 Å². The summed E-state index contributed by atoms with van der Waals surface area (Å²) < 4.78 is 6.73. The predicted octanol–water partition coefficient (Wildman–Crippen LogP) is 15.7. The minimum absolute atomic E-state index is 0.594. The van der Waals surface area contributed by atoms with E-state index in [0.29, 0.717) is 17.5 Å². The summed E-state index contributed by atoms with van der Waals surface area (Å²) in [6.07, 6.45) is 0. The zero-order chi connectivity index (χ0) is 41.7. The Bertz CT molecular complexity index is 3660. The van der Waals surface area contributed by atoms with Gasteiger partial charge >= 0.3 is 0 Å². The minimum atomic E-state index is 0.594. The zero-order valence-corrected chi connectivity index (χ0v) is 34.1. The fourth-order valence-electron chi connectivity index (χ4n) is 9.04. The summed E-state index contributed by atoms with van der Waals surface area (Å²) in [5, 5.41) is 6.52. The number of fused-ring (bicyclic) bond motifs is 6. The van der Waals surface area contributed by atoms with Gasteiger partial charge in [-0.3, -0.25) is 0 Å². The lowest BCUT2D eigenvalue weighted by Gasteiger charge is -2.13. The van der Waals surface area contributed by atoms with Gasteiger partial charge in [0.1, 0.15) is 11.2 Å². The third-order valence-electron chi connectivity index (χ3n) is 12.2. The molecule has 0 fully saturated rings. The second-order valence-electron chi connectivity index (χ2n) is 15.9. The first kappa shape index (κ1) is 36.4. The number of aromatic nitrogens is 3. The third-order valence-corrected chi connectivity index (χ3v) is 12.2. The molecule has 0 amide bonds. The highest BCUT2D eigenvalue weighted by Crippen LogP contribution is 2.42. The number of nitrogens with zero attached hydrogens (tertiary/aromatic N) is 3. The molecule has 0 spiro atoms. The normalized spacial score (nSPS) is 11.5. The molecule has 0 aliphatic rings. The Hall–Kier alpha value is -8.47. The SMILES string of the molecule is c1ccc(-c2ccc(-c3nc(-c4ccccc4-c4ccccc4)nc(-c4cc5c6cc(-c7cccc(-c8cccc9ccccc89)c7)ccc6oc5c5ccccc45)n3)cc2)cc1. The van der Waals surface area contributed by atoms with Crippen molar-refractivity contribution < 1.29 is 4.42 Å². The van der Waals surface area contributed by atoms with Crippen molar-refractivity contribution in [1.29, 1.82) is 0 Å². The van der Waals surface area contributed by atoms with E-state index in [-0.39, 0.29) is 0 Å². The van der Waals surface area contributed by atoms with E-state index in [0.717, 1.165) is 82.8 Å². The molecule has 63 heavy (non-hydrogen) atoms. The van der Waals surface area contributed by atoms with E-state index in [1.807, 2.05) is 18.2 Å². The number of benzene rings is 10. The second kappa shape index (κ2) is 15.2. The van der Waals surface area contributed by atoms with Crippen LogP contribution in [0.3, 0.4) is 0 Å². The summed E-state index contributed by atoms with van der Waals surface area (Å²) in [5.41, 5.74) is 13.5. The number of hydrogen-bond donors (Lipinski definition) is 0. The monoisotopic (exact) mass is 803 g/mol. The van der Waals surface area contributed by atoms with Gasteiger partial charge in [-0.05, 0) is 84.9 Å². The third kappa shape index (κ3) is 6.53. The van der Waals surface area contributed by atoms with Gasteiger partial charge in [-0.25, -0.2) is 15.0 Å². The van der Waals surface area contributed by atoms with E-state index in [1.54, 1.807) is 0 Å². The second-order valence-corrected chi connectivity index (χ2v) is 15.9. The summed E-state index contributed by atoms with van der Waals surface area (Å²) >= 11 is 0. The van der Waals surface area contributed by atoms with E-state index >= 15 is 0 Å². The van der Waals surface area contributed by atoms with E-state index in [4.69, 9.17) is 19.4 Å². The smallest absolute Gasteiger partial charge is 0.164 e. The molecule has 0 bridgehead atoms. The molecule has 0 N–H and O–H groups in total. The van der Waals surface area contributed by atoms with Gasteiger partial charge in [0.2, 0.25) is 0 Å². The van der Waals surface area contributed by atoms with Crippen LogP contribution in [0.5, 0.6) is 0 Å². The Morgan fingerprint density at radius 1 is 0.254 bits per heavy atom. The Labute approximate surface area is 364 Å². The number of rotatable bonds is 7. The lowest BCUT2D eigenvalue weighted by Crippen LogP contribution is -2.01. The molecule has 0 saturated heterocycles. The van der Waals surface area contributed by atoms with Crippen LogP contribution in [0.25, 0.3) is 122 Å². The standard InChI is InChI=1S/C59H37N3O/c1-3-15-38(16-4-1)39-29-31-42(32-30-39)57-60-58(51-27-12-9-24-47(51)40-17-5-2-6-18-40)62-59(61-57)54-37-53-52-36-44(33-34-55(52)63-56(53)50-26-11-10-25-49(50)54)43-21-13-22-45(35-43)48-28-14-20-41-19-7-8-23-46(41)48/h1-37H. The van der Waals surface area contributed by atoms with Crippen LogP contribution in [0.2, 0.25) is 0 Å². The van der Waals surface area contributed by atoms with Gasteiger partial charge in [-0.15, -0.1) is 0 Å². The highest BCUT2D eigenvalue weighted by Gasteiger charge is 2.21. The summed E-state index contributed by atoms with van der Waals surface area (Å²) in [4.78, 5) is 15.9. The van der Waals surface area contributed by atoms with Crippen LogP contribution >= 0.6 is 0 Å². The van der Waals surface area contributed by atoms with Gasteiger partial charge in [0, 0.05) is 32.8 Å². The molecule has 294 valence electrons. The summed E-state index contributed by atoms with van der Waals surface area (Å²) in [5.74, 6) is 1.81. The molecule has 4 nitrogen and oxygen atoms in total. The van der Waals surface area contributed by atoms with Gasteiger partial charge in [-0.1, -0.05) is 200 Å². The van der Waals surface area contributed by atoms with E-state index in [2.05, 4.69) is 206 Å². The molecule has 4 heteroatoms. The Morgan fingerprint density at radius 2 is 0.778 bits per heavy atom. The summed E-state index contributed by atoms with van der Waals surface area (Å²) in [6, 6.07) is 78.7. The van der Waals surface area contributed by atoms with E-state index < -0.39 is 0 Å². The van der Waals surface area contributed by atoms with Crippen LogP contribution in [-0.4, -0.2) is 15.0 Å². The van der Waals surface area contributed by atoms with Gasteiger partial charge < -0.3 is 4.42 Å². The van der Waals surface area contributed by atoms with Crippen molar-refractivity contribution >= 4 is 43.5 Å². The van der Waals surface area contributed by atoms with Crippen LogP contribution in [0, 0.1) is 0 Å². The van der Waals surface area contributed by atoms with Crippen LogP contribution in [-0.2, 0) is 0 Å². The van der Waals surface area contributed by atoms with Crippen molar-refractivity contribution in [2.45, 2.75) is 0 Å². The Morgan fingerprint density at radius 3 is 1.59 bits per heavy atom. The predicted molar refractivity (Wildman–Crippen MR) is 260 cm³/mol. The molecule has 0 unspecified atom stereocenters. The van der Waals surface area contributed by atoms with Crippen molar-refractivity contribution in [2.75, 3.05) is 0 Å². The largest absolute Gasteiger partial charge is 0.455 e. The maximum atomic E-state index is 6.73. The molecular weight excluding hydrogens is 767 g/mol. The fraction of sp³-hybridized carbons (Fsp3) is 0. The Balaban J connectivity index is 1.04. The van der Waals surface area contributed by atoms with Crippen molar-refractivity contribution in [1.82, 2.24) is 15.0 Å². The molecule has 0 radical (unpaired) electrons. The lowest BCUT2D eigenvalue weighted by atomic mass is 9.94. The van der Waals surface area contributed by atoms with Gasteiger partial charge in [0.25, 0.3) is 0 Å². The molecule has 0 atom stereocenters. The number of furan rings is 1. The number of hydrogen-bond acceptors (Lipinski definition) is 4. The molecule has 12 rings (SSSR count). The molecule has 0 saturated carbocycles. The van der Waals surface area contributed by atoms with Crippen molar-refractivity contribution in [2.24, 2.45) is 0 Å². The first-order valence-corrected chi connectivity index (χ1v) is 21.3. The summed E-state index contributed by atoms with van der Waals surface area (Å²) in [6.45, 7) is 0. The molecule has 12 aromatic rings. The van der Waals surface area contributed by atoms with Gasteiger partial charge in [-0.2, -0.15) is 0 Å². The van der Waals surface area contributed by atoms with E-state index in [1.165, 1.54) is 21.9 Å². The highest BCUT2D eigenvalue weighted by atomic mass is 16.3. The van der Waals surface area contributed by atoms with Crippen LogP contribution in [0.1, 0.15) is 0 Å². The van der Waals surface area contributed by atoms with Crippen LogP contribution < -0.4 is 0 Å². The van der Waals surface area contributed by atoms with Crippen molar-refractivity contribution in [3.63, 3.8) is 0 Å². The quantitative estimate of drug-likeness (QED) is 0.161. The fourth-order valence-corrected chi connectivity index (χ4v) is 9.04. The van der Waals surface area contributed by atoms with Crippen molar-refractivity contribution in [3.8, 4) is 78.7 Å². The molecule has 2 heterocycles. The molecule has 2 aromatic heterocycles. The zero-order valence-electron chi connectivity index (χ0n) is 34.1. The summed E-state index contributed by atoms with van der Waals surface area (Å²) in [7, 11) is 0. The van der Waals surface area contributed by atoms with E-state index in [9.17, 15) is 0 Å². The maximum Gasteiger partial charge on any atom is 0.164 e. The van der Waals surface area contributed by atoms with Gasteiger partial charge in [0.15, 0.2) is 17.5 Å². The molecule has 0 aliphatic heterocycles. The highest BCUT2D eigenvalue weighted by molar-refractivity contribution is 6.19. The Kier molecular flexibility index (Phi) is 8.79. The molecule has 10 aromatic carbocycles. The van der Waals surface area contributed by atoms with Crippen molar-refractivity contribution in [3.05, 3.63) is 224 Å². The maximum absolute atomic E-state index is 6.73. The molecule has 0 aliphatic carbocycles. The molecular formula is C59H37N3O. The topological polar surface area (TPSA) is 51.8 Å². The average Bonchev–Trinajstić information content (AvgIpc) is 3.74. The average molecular weight is 804 g/mol. The lowest BCUT2D eigenvalue weighted by molar-refractivity contribution is 0.673. The first-order valence-electron chi connectivity index (χ1n) is 21.3. The van der Waals surface area contributed by atoms with Gasteiger partial charge in [0.05, 0.1) is 0 Å². The minimum Gasteiger partial charge on any atom is -0.455 e.